The number of likely N-dealkylation sites (N-methyl/N-ethyl adjacent to an activating group) is 1. The van der Waals surface area contributed by atoms with Crippen molar-refractivity contribution in [1.29, 1.82) is 0 Å². The summed E-state index contributed by atoms with van der Waals surface area (Å²) in [6, 6.07) is 7.56. The van der Waals surface area contributed by atoms with Crippen LogP contribution in [0.3, 0.4) is 0 Å². The maximum atomic E-state index is 10.3. The van der Waals surface area contributed by atoms with Gasteiger partial charge in [0.15, 0.2) is 0 Å². The van der Waals surface area contributed by atoms with Gasteiger partial charge in [-0.15, -0.1) is 0 Å². The van der Waals surface area contributed by atoms with Gasteiger partial charge in [-0.2, -0.15) is 0 Å². The maximum absolute atomic E-state index is 10.3. The van der Waals surface area contributed by atoms with Crippen LogP contribution >= 0.6 is 12.2 Å². The SMILES string of the molecule is CN(CC1CCCC1)CC(O)c1ccc(C(N)=S)cc1. The maximum Gasteiger partial charge on any atom is 0.103 e. The Morgan fingerprint density at radius 1 is 1.35 bits per heavy atom. The molecular formula is C16H24N2OS. The van der Waals surface area contributed by atoms with Gasteiger partial charge in [0.05, 0.1) is 6.10 Å². The van der Waals surface area contributed by atoms with E-state index in [4.69, 9.17) is 18.0 Å². The third-order valence-electron chi connectivity index (χ3n) is 4.11. The predicted molar refractivity (Wildman–Crippen MR) is 86.7 cm³/mol. The number of aliphatic hydroxyl groups is 1. The lowest BCUT2D eigenvalue weighted by atomic mass is 10.0. The first-order chi connectivity index (χ1) is 9.56. The summed E-state index contributed by atoms with van der Waals surface area (Å²) in [4.78, 5) is 2.63. The van der Waals surface area contributed by atoms with Crippen molar-refractivity contribution in [2.45, 2.75) is 31.8 Å². The minimum absolute atomic E-state index is 0.393. The van der Waals surface area contributed by atoms with E-state index in [1.807, 2.05) is 24.3 Å². The number of rotatable bonds is 6. The van der Waals surface area contributed by atoms with Crippen LogP contribution in [0.15, 0.2) is 24.3 Å². The Kier molecular flexibility index (Phi) is 5.52. The van der Waals surface area contributed by atoms with Crippen molar-refractivity contribution in [1.82, 2.24) is 4.90 Å². The third kappa shape index (κ3) is 4.27. The van der Waals surface area contributed by atoms with Crippen LogP contribution in [0.5, 0.6) is 0 Å². The normalized spacial score (nSPS) is 17.6. The molecule has 20 heavy (non-hydrogen) atoms. The van der Waals surface area contributed by atoms with Crippen molar-refractivity contribution in [2.24, 2.45) is 11.7 Å². The molecule has 0 saturated heterocycles. The number of nitrogens with zero attached hydrogens (tertiary/aromatic N) is 1. The van der Waals surface area contributed by atoms with Crippen LogP contribution in [0.2, 0.25) is 0 Å². The van der Waals surface area contributed by atoms with Gasteiger partial charge in [0.1, 0.15) is 4.99 Å². The smallest absolute Gasteiger partial charge is 0.103 e. The summed E-state index contributed by atoms with van der Waals surface area (Å²) < 4.78 is 0. The van der Waals surface area contributed by atoms with Crippen LogP contribution < -0.4 is 5.73 Å². The van der Waals surface area contributed by atoms with Gasteiger partial charge in [-0.25, -0.2) is 0 Å². The lowest BCUT2D eigenvalue weighted by Crippen LogP contribution is -2.29. The van der Waals surface area contributed by atoms with Crippen LogP contribution in [-0.2, 0) is 0 Å². The summed E-state index contributed by atoms with van der Waals surface area (Å²) in [6.07, 6.45) is 4.94. The number of aliphatic hydroxyl groups excluding tert-OH is 1. The molecule has 3 N–H and O–H groups in total. The van der Waals surface area contributed by atoms with E-state index in [0.29, 0.717) is 11.5 Å². The molecule has 3 nitrogen and oxygen atoms in total. The molecule has 4 heteroatoms. The molecule has 2 rings (SSSR count). The first-order valence-electron chi connectivity index (χ1n) is 7.32. The fraction of sp³-hybridized carbons (Fsp3) is 0.562. The topological polar surface area (TPSA) is 49.5 Å². The molecule has 0 radical (unpaired) electrons. The summed E-state index contributed by atoms with van der Waals surface area (Å²) in [5, 5.41) is 10.3. The van der Waals surface area contributed by atoms with Gasteiger partial charge < -0.3 is 15.7 Å². The highest BCUT2D eigenvalue weighted by Crippen LogP contribution is 2.25. The van der Waals surface area contributed by atoms with Gasteiger partial charge in [-0.1, -0.05) is 49.3 Å². The summed E-state index contributed by atoms with van der Waals surface area (Å²) in [5.41, 5.74) is 7.34. The van der Waals surface area contributed by atoms with E-state index >= 15 is 0 Å². The second kappa shape index (κ2) is 7.16. The lowest BCUT2D eigenvalue weighted by Gasteiger charge is -2.23. The molecule has 110 valence electrons. The molecule has 1 fully saturated rings. The average molecular weight is 292 g/mol. The van der Waals surface area contributed by atoms with E-state index < -0.39 is 6.10 Å². The summed E-state index contributed by atoms with van der Waals surface area (Å²) >= 11 is 4.93. The van der Waals surface area contributed by atoms with Crippen molar-refractivity contribution >= 4 is 17.2 Å². The highest BCUT2D eigenvalue weighted by molar-refractivity contribution is 7.80. The zero-order valence-electron chi connectivity index (χ0n) is 12.1. The van der Waals surface area contributed by atoms with E-state index in [1.165, 1.54) is 25.7 Å². The standard InChI is InChI=1S/C16H24N2OS/c1-18(10-12-4-2-3-5-12)11-15(19)13-6-8-14(9-7-13)16(17)20/h6-9,12,15,19H,2-5,10-11H2,1H3,(H2,17,20). The monoisotopic (exact) mass is 292 g/mol. The van der Waals surface area contributed by atoms with E-state index in [2.05, 4.69) is 11.9 Å². The Hall–Kier alpha value is -0.970. The summed E-state index contributed by atoms with van der Waals surface area (Å²) in [7, 11) is 2.09. The molecule has 0 amide bonds. The fourth-order valence-corrected chi connectivity index (χ4v) is 3.11. The zero-order valence-corrected chi connectivity index (χ0v) is 12.9. The van der Waals surface area contributed by atoms with Crippen LogP contribution in [-0.4, -0.2) is 35.1 Å². The van der Waals surface area contributed by atoms with Gasteiger partial charge in [0, 0.05) is 18.7 Å². The largest absolute Gasteiger partial charge is 0.389 e. The Morgan fingerprint density at radius 3 is 2.50 bits per heavy atom. The van der Waals surface area contributed by atoms with E-state index in [0.717, 1.165) is 23.6 Å². The molecule has 1 aromatic rings. The van der Waals surface area contributed by atoms with Crippen LogP contribution in [0.25, 0.3) is 0 Å². The fourth-order valence-electron chi connectivity index (χ4n) is 2.98. The van der Waals surface area contributed by atoms with Crippen LogP contribution in [0.4, 0.5) is 0 Å². The molecule has 1 atom stereocenters. The minimum Gasteiger partial charge on any atom is -0.389 e. The van der Waals surface area contributed by atoms with Crippen molar-refractivity contribution < 1.29 is 5.11 Å². The second-order valence-corrected chi connectivity index (χ2v) is 6.31. The molecular weight excluding hydrogens is 268 g/mol. The van der Waals surface area contributed by atoms with Crippen molar-refractivity contribution in [3.05, 3.63) is 35.4 Å². The molecule has 1 saturated carbocycles. The summed E-state index contributed by atoms with van der Waals surface area (Å²) in [6.45, 7) is 1.75. The average Bonchev–Trinajstić information content (AvgIpc) is 2.91. The van der Waals surface area contributed by atoms with E-state index in [-0.39, 0.29) is 0 Å². The van der Waals surface area contributed by atoms with E-state index in [9.17, 15) is 5.11 Å². The first kappa shape index (κ1) is 15.4. The zero-order chi connectivity index (χ0) is 14.5. The number of thiocarbonyl (C=S) groups is 1. The minimum atomic E-state index is -0.457. The van der Waals surface area contributed by atoms with Gasteiger partial charge in [0.25, 0.3) is 0 Å². The predicted octanol–water partition coefficient (Wildman–Crippen LogP) is 2.48. The number of hydrogen-bond acceptors (Lipinski definition) is 3. The lowest BCUT2D eigenvalue weighted by molar-refractivity contribution is 0.118. The third-order valence-corrected chi connectivity index (χ3v) is 4.34. The number of nitrogens with two attached hydrogens (primary N) is 1. The highest BCUT2D eigenvalue weighted by Gasteiger charge is 2.18. The number of hydrogen-bond donors (Lipinski definition) is 2. The van der Waals surface area contributed by atoms with Gasteiger partial charge in [0.2, 0.25) is 0 Å². The Bertz CT molecular complexity index is 440. The molecule has 0 aromatic heterocycles. The van der Waals surface area contributed by atoms with Crippen molar-refractivity contribution in [3.8, 4) is 0 Å². The Labute approximate surface area is 126 Å². The van der Waals surface area contributed by atoms with Gasteiger partial charge >= 0.3 is 0 Å². The van der Waals surface area contributed by atoms with Crippen molar-refractivity contribution in [2.75, 3.05) is 20.1 Å². The molecule has 1 aliphatic carbocycles. The quantitative estimate of drug-likeness (QED) is 0.791. The molecule has 1 aliphatic rings. The summed E-state index contributed by atoms with van der Waals surface area (Å²) in [5.74, 6) is 0.809. The molecule has 0 aliphatic heterocycles. The molecule has 0 heterocycles. The Balaban J connectivity index is 1.86. The van der Waals surface area contributed by atoms with Crippen LogP contribution in [0.1, 0.15) is 42.9 Å². The van der Waals surface area contributed by atoms with Gasteiger partial charge in [-0.05, 0) is 31.4 Å². The molecule has 1 unspecified atom stereocenters. The second-order valence-electron chi connectivity index (χ2n) is 5.87. The Morgan fingerprint density at radius 2 is 1.95 bits per heavy atom. The first-order valence-corrected chi connectivity index (χ1v) is 7.73. The van der Waals surface area contributed by atoms with Crippen LogP contribution in [0, 0.1) is 5.92 Å². The molecule has 1 aromatic carbocycles. The van der Waals surface area contributed by atoms with Gasteiger partial charge in [-0.3, -0.25) is 0 Å². The van der Waals surface area contributed by atoms with Crippen molar-refractivity contribution in [3.63, 3.8) is 0 Å². The number of benzene rings is 1. The highest BCUT2D eigenvalue weighted by atomic mass is 32.1. The molecule has 0 spiro atoms. The molecule has 0 bridgehead atoms. The van der Waals surface area contributed by atoms with E-state index in [1.54, 1.807) is 0 Å².